The quantitative estimate of drug-likeness (QED) is 0.879. The van der Waals surface area contributed by atoms with Crippen molar-refractivity contribution in [3.05, 3.63) is 35.4 Å². The first-order valence-corrected chi connectivity index (χ1v) is 7.41. The predicted octanol–water partition coefficient (Wildman–Crippen LogP) is 2.82. The average Bonchev–Trinajstić information content (AvgIpc) is 2.35. The highest BCUT2D eigenvalue weighted by atomic mass is 15.2. The number of nitrogens with zero attached hydrogens (tertiary/aromatic N) is 1. The van der Waals surface area contributed by atoms with Crippen LogP contribution in [0.4, 0.5) is 0 Å². The smallest absolute Gasteiger partial charge is 0.0261 e. The lowest BCUT2D eigenvalue weighted by atomic mass is 9.86. The van der Waals surface area contributed by atoms with E-state index in [0.29, 0.717) is 12.1 Å². The van der Waals surface area contributed by atoms with E-state index in [4.69, 9.17) is 0 Å². The molecule has 2 unspecified atom stereocenters. The van der Waals surface area contributed by atoms with Crippen LogP contribution >= 0.6 is 0 Å². The largest absolute Gasteiger partial charge is 0.311 e. The van der Waals surface area contributed by atoms with Gasteiger partial charge in [0.1, 0.15) is 0 Å². The van der Waals surface area contributed by atoms with Crippen molar-refractivity contribution >= 4 is 0 Å². The van der Waals surface area contributed by atoms with Crippen LogP contribution in [0.25, 0.3) is 0 Å². The Bertz CT molecular complexity index is 402. The molecule has 1 N–H and O–H groups in total. The fourth-order valence-corrected chi connectivity index (χ4v) is 2.75. The lowest BCUT2D eigenvalue weighted by Crippen LogP contribution is -2.55. The van der Waals surface area contributed by atoms with Gasteiger partial charge in [0.25, 0.3) is 0 Å². The molecule has 0 spiro atoms. The molecule has 2 atom stereocenters. The molecule has 2 nitrogen and oxygen atoms in total. The molecule has 1 aliphatic rings. The molecule has 1 aliphatic heterocycles. The Balaban J connectivity index is 2.03. The van der Waals surface area contributed by atoms with E-state index in [1.807, 2.05) is 0 Å². The molecule has 1 aromatic rings. The van der Waals surface area contributed by atoms with Gasteiger partial charge in [-0.05, 0) is 36.9 Å². The van der Waals surface area contributed by atoms with Crippen LogP contribution in [0.1, 0.15) is 38.8 Å². The number of hydrogen-bond donors (Lipinski definition) is 1. The van der Waals surface area contributed by atoms with Crippen molar-refractivity contribution < 1.29 is 0 Å². The minimum absolute atomic E-state index is 0.245. The molecule has 1 fully saturated rings. The van der Waals surface area contributed by atoms with E-state index in [-0.39, 0.29) is 5.41 Å². The van der Waals surface area contributed by atoms with Crippen molar-refractivity contribution in [2.75, 3.05) is 20.1 Å². The standard InChI is InChI=1S/C17H28N2/c1-13-16(18-10-11-19(13)5)12-14-6-8-15(9-7-14)17(2,3)4/h6-9,13,16,18H,10-12H2,1-5H3. The number of hydrogen-bond acceptors (Lipinski definition) is 2. The Labute approximate surface area is 118 Å². The van der Waals surface area contributed by atoms with Crippen molar-refractivity contribution in [3.8, 4) is 0 Å². The summed E-state index contributed by atoms with van der Waals surface area (Å²) in [6, 6.07) is 10.3. The lowest BCUT2D eigenvalue weighted by molar-refractivity contribution is 0.163. The molecule has 1 heterocycles. The fraction of sp³-hybridized carbons (Fsp3) is 0.647. The zero-order valence-corrected chi connectivity index (χ0v) is 13.0. The first kappa shape index (κ1) is 14.5. The van der Waals surface area contributed by atoms with Gasteiger partial charge in [-0.3, -0.25) is 0 Å². The monoisotopic (exact) mass is 260 g/mol. The zero-order valence-electron chi connectivity index (χ0n) is 13.0. The molecule has 0 amide bonds. The molecular formula is C17H28N2. The third-order valence-corrected chi connectivity index (χ3v) is 4.42. The van der Waals surface area contributed by atoms with E-state index in [9.17, 15) is 0 Å². The number of piperazine rings is 1. The topological polar surface area (TPSA) is 15.3 Å². The van der Waals surface area contributed by atoms with Crippen LogP contribution in [0.3, 0.4) is 0 Å². The second-order valence-electron chi connectivity index (χ2n) is 6.93. The molecule has 106 valence electrons. The summed E-state index contributed by atoms with van der Waals surface area (Å²) < 4.78 is 0. The van der Waals surface area contributed by atoms with Gasteiger partial charge in [0.05, 0.1) is 0 Å². The van der Waals surface area contributed by atoms with Crippen LogP contribution in [-0.2, 0) is 11.8 Å². The molecule has 0 aliphatic carbocycles. The van der Waals surface area contributed by atoms with Crippen LogP contribution in [0.5, 0.6) is 0 Å². The highest BCUT2D eigenvalue weighted by molar-refractivity contribution is 5.28. The second-order valence-corrected chi connectivity index (χ2v) is 6.93. The summed E-state index contributed by atoms with van der Waals surface area (Å²) in [5.41, 5.74) is 3.10. The average molecular weight is 260 g/mol. The Kier molecular flexibility index (Phi) is 4.32. The first-order valence-electron chi connectivity index (χ1n) is 7.41. The van der Waals surface area contributed by atoms with Crippen LogP contribution in [0, 0.1) is 0 Å². The minimum atomic E-state index is 0.245. The Morgan fingerprint density at radius 3 is 2.42 bits per heavy atom. The lowest BCUT2D eigenvalue weighted by Gasteiger charge is -2.38. The second kappa shape index (κ2) is 5.64. The van der Waals surface area contributed by atoms with Gasteiger partial charge in [0.2, 0.25) is 0 Å². The summed E-state index contributed by atoms with van der Waals surface area (Å²) in [6.45, 7) is 11.4. The van der Waals surface area contributed by atoms with E-state index in [1.165, 1.54) is 11.1 Å². The number of benzene rings is 1. The third-order valence-electron chi connectivity index (χ3n) is 4.42. The molecule has 0 aromatic heterocycles. The summed E-state index contributed by atoms with van der Waals surface area (Å²) in [7, 11) is 2.22. The molecule has 0 bridgehead atoms. The maximum atomic E-state index is 3.65. The number of nitrogens with one attached hydrogen (secondary N) is 1. The van der Waals surface area contributed by atoms with Gasteiger partial charge in [0, 0.05) is 25.2 Å². The maximum absolute atomic E-state index is 3.65. The Morgan fingerprint density at radius 2 is 1.84 bits per heavy atom. The molecule has 0 saturated carbocycles. The van der Waals surface area contributed by atoms with Crippen molar-refractivity contribution in [3.63, 3.8) is 0 Å². The van der Waals surface area contributed by atoms with E-state index in [0.717, 1.165) is 19.5 Å². The molecule has 1 saturated heterocycles. The first-order chi connectivity index (χ1) is 8.88. The summed E-state index contributed by atoms with van der Waals surface area (Å²) in [4.78, 5) is 2.45. The van der Waals surface area contributed by atoms with Crippen molar-refractivity contribution in [2.24, 2.45) is 0 Å². The summed E-state index contributed by atoms with van der Waals surface area (Å²) >= 11 is 0. The van der Waals surface area contributed by atoms with E-state index < -0.39 is 0 Å². The van der Waals surface area contributed by atoms with Crippen molar-refractivity contribution in [1.82, 2.24) is 10.2 Å². The van der Waals surface area contributed by atoms with Gasteiger partial charge in [0.15, 0.2) is 0 Å². The Hall–Kier alpha value is -0.860. The zero-order chi connectivity index (χ0) is 14.0. The van der Waals surface area contributed by atoms with Gasteiger partial charge >= 0.3 is 0 Å². The minimum Gasteiger partial charge on any atom is -0.311 e. The van der Waals surface area contributed by atoms with Crippen LogP contribution in [0.15, 0.2) is 24.3 Å². The van der Waals surface area contributed by atoms with Gasteiger partial charge in [-0.15, -0.1) is 0 Å². The van der Waals surface area contributed by atoms with Crippen LogP contribution in [0.2, 0.25) is 0 Å². The number of rotatable bonds is 2. The van der Waals surface area contributed by atoms with E-state index >= 15 is 0 Å². The van der Waals surface area contributed by atoms with E-state index in [1.54, 1.807) is 0 Å². The summed E-state index contributed by atoms with van der Waals surface area (Å²) in [5, 5.41) is 3.65. The maximum Gasteiger partial charge on any atom is 0.0261 e. The number of likely N-dealkylation sites (N-methyl/N-ethyl adjacent to an activating group) is 1. The van der Waals surface area contributed by atoms with Crippen LogP contribution < -0.4 is 5.32 Å². The summed E-state index contributed by atoms with van der Waals surface area (Å²) in [5.74, 6) is 0. The van der Waals surface area contributed by atoms with Crippen LogP contribution in [-0.4, -0.2) is 37.1 Å². The molecule has 2 rings (SSSR count). The molecular weight excluding hydrogens is 232 g/mol. The van der Waals surface area contributed by atoms with Gasteiger partial charge < -0.3 is 10.2 Å². The highest BCUT2D eigenvalue weighted by Crippen LogP contribution is 2.23. The molecule has 0 radical (unpaired) electrons. The van der Waals surface area contributed by atoms with Crippen molar-refractivity contribution in [2.45, 2.75) is 51.6 Å². The van der Waals surface area contributed by atoms with Crippen molar-refractivity contribution in [1.29, 1.82) is 0 Å². The molecule has 19 heavy (non-hydrogen) atoms. The van der Waals surface area contributed by atoms with Gasteiger partial charge in [-0.25, -0.2) is 0 Å². The highest BCUT2D eigenvalue weighted by Gasteiger charge is 2.24. The fourth-order valence-electron chi connectivity index (χ4n) is 2.75. The SMILES string of the molecule is CC1C(Cc2ccc(C(C)(C)C)cc2)NCCN1C. The Morgan fingerprint density at radius 1 is 1.21 bits per heavy atom. The normalized spacial score (nSPS) is 25.5. The molecule has 2 heteroatoms. The van der Waals surface area contributed by atoms with Gasteiger partial charge in [-0.1, -0.05) is 45.0 Å². The third kappa shape index (κ3) is 3.58. The molecule has 1 aromatic carbocycles. The predicted molar refractivity (Wildman–Crippen MR) is 82.7 cm³/mol. The van der Waals surface area contributed by atoms with Gasteiger partial charge in [-0.2, -0.15) is 0 Å². The van der Waals surface area contributed by atoms with E-state index in [2.05, 4.69) is 69.2 Å². The summed E-state index contributed by atoms with van der Waals surface area (Å²) in [6.07, 6.45) is 1.12.